The molecule has 8 nitrogen and oxygen atoms in total. The molecule has 2 unspecified atom stereocenters. The number of nitrogens with one attached hydrogen (secondary N) is 2. The molecule has 0 bridgehead atoms. The number of rotatable bonds is 2. The highest BCUT2D eigenvalue weighted by molar-refractivity contribution is 5.49. The normalized spacial score (nSPS) is 24.4. The summed E-state index contributed by atoms with van der Waals surface area (Å²) in [6.07, 6.45) is 2.67. The number of piperidine rings is 1. The number of hydrogen-bond acceptors (Lipinski definition) is 6. The minimum atomic E-state index is 0.174. The first kappa shape index (κ1) is 11.1. The molecule has 1 saturated heterocycles. The van der Waals surface area contributed by atoms with Crippen LogP contribution in [0.15, 0.2) is 6.20 Å². The van der Waals surface area contributed by atoms with Crippen molar-refractivity contribution >= 4 is 5.95 Å². The van der Waals surface area contributed by atoms with Crippen molar-refractivity contribution in [1.82, 2.24) is 30.6 Å². The van der Waals surface area contributed by atoms with Gasteiger partial charge in [0, 0.05) is 19.1 Å². The zero-order chi connectivity index (χ0) is 12.5. The molecule has 2 aromatic rings. The average Bonchev–Trinajstić information content (AvgIpc) is 3.01. The van der Waals surface area contributed by atoms with Gasteiger partial charge >= 0.3 is 0 Å². The first-order chi connectivity index (χ1) is 8.74. The molecule has 18 heavy (non-hydrogen) atoms. The van der Waals surface area contributed by atoms with Crippen LogP contribution in [-0.4, -0.2) is 49.7 Å². The van der Waals surface area contributed by atoms with Gasteiger partial charge in [0.15, 0.2) is 5.82 Å². The van der Waals surface area contributed by atoms with Crippen molar-refractivity contribution in [3.05, 3.63) is 6.20 Å². The van der Waals surface area contributed by atoms with Crippen LogP contribution < -0.4 is 10.6 Å². The fourth-order valence-corrected chi connectivity index (χ4v) is 2.11. The predicted molar refractivity (Wildman–Crippen MR) is 65.7 cm³/mol. The number of aromatic amines is 2. The van der Waals surface area contributed by atoms with E-state index in [4.69, 9.17) is 5.73 Å². The minimum absolute atomic E-state index is 0.174. The molecule has 2 aromatic heterocycles. The Kier molecular flexibility index (Phi) is 2.71. The lowest BCUT2D eigenvalue weighted by Crippen LogP contribution is -2.48. The first-order valence-corrected chi connectivity index (χ1v) is 6.03. The first-order valence-electron chi connectivity index (χ1n) is 6.03. The molecule has 0 aromatic carbocycles. The monoisotopic (exact) mass is 248 g/mol. The van der Waals surface area contributed by atoms with Crippen LogP contribution in [0.5, 0.6) is 0 Å². The van der Waals surface area contributed by atoms with Crippen molar-refractivity contribution < 1.29 is 0 Å². The zero-order valence-electron chi connectivity index (χ0n) is 10.2. The molecule has 2 atom stereocenters. The lowest BCUT2D eigenvalue weighted by molar-refractivity contribution is 0.376. The van der Waals surface area contributed by atoms with Gasteiger partial charge in [-0.3, -0.25) is 5.10 Å². The number of aromatic nitrogens is 6. The Morgan fingerprint density at radius 2 is 2.33 bits per heavy atom. The predicted octanol–water partition coefficient (Wildman–Crippen LogP) is -0.237. The maximum Gasteiger partial charge on any atom is 0.245 e. The summed E-state index contributed by atoms with van der Waals surface area (Å²) in [7, 11) is 0. The van der Waals surface area contributed by atoms with E-state index in [9.17, 15) is 0 Å². The molecular weight excluding hydrogens is 232 g/mol. The minimum Gasteiger partial charge on any atom is -0.338 e. The summed E-state index contributed by atoms with van der Waals surface area (Å²) < 4.78 is 0. The van der Waals surface area contributed by atoms with Crippen LogP contribution >= 0.6 is 0 Å². The fourth-order valence-electron chi connectivity index (χ4n) is 2.11. The smallest absolute Gasteiger partial charge is 0.245 e. The highest BCUT2D eigenvalue weighted by atomic mass is 15.4. The van der Waals surface area contributed by atoms with Gasteiger partial charge < -0.3 is 10.6 Å². The second-order valence-electron chi connectivity index (χ2n) is 4.72. The maximum atomic E-state index is 6.07. The molecule has 8 heteroatoms. The Morgan fingerprint density at radius 1 is 1.44 bits per heavy atom. The summed E-state index contributed by atoms with van der Waals surface area (Å²) in [6.45, 7) is 3.91. The van der Waals surface area contributed by atoms with Crippen LogP contribution in [0, 0.1) is 5.92 Å². The van der Waals surface area contributed by atoms with Crippen LogP contribution in [0.3, 0.4) is 0 Å². The van der Waals surface area contributed by atoms with Crippen molar-refractivity contribution in [2.45, 2.75) is 19.4 Å². The van der Waals surface area contributed by atoms with Gasteiger partial charge in [-0.25, -0.2) is 0 Å². The molecule has 0 aliphatic carbocycles. The van der Waals surface area contributed by atoms with Crippen LogP contribution in [0.25, 0.3) is 11.5 Å². The Labute approximate surface area is 104 Å². The van der Waals surface area contributed by atoms with Crippen LogP contribution in [-0.2, 0) is 0 Å². The summed E-state index contributed by atoms with van der Waals surface area (Å²) in [5.41, 5.74) is 6.73. The summed E-state index contributed by atoms with van der Waals surface area (Å²) in [4.78, 5) is 6.52. The number of nitrogens with two attached hydrogens (primary N) is 1. The summed E-state index contributed by atoms with van der Waals surface area (Å²) in [5, 5.41) is 17.3. The maximum absolute atomic E-state index is 6.07. The topological polar surface area (TPSA) is 112 Å². The van der Waals surface area contributed by atoms with Crippen molar-refractivity contribution in [3.63, 3.8) is 0 Å². The standard InChI is InChI=1S/C10H16N8/c1-6-2-3-18(5-7(6)11)10-13-9(15-16-10)8-4-12-17-14-8/h4,6-7H,2-3,5,11H2,1H3,(H,12,14,17)(H,13,15,16). The third kappa shape index (κ3) is 1.94. The Balaban J connectivity index is 1.77. The molecular formula is C10H16N8. The van der Waals surface area contributed by atoms with E-state index in [1.54, 1.807) is 6.20 Å². The highest BCUT2D eigenvalue weighted by Gasteiger charge is 2.25. The van der Waals surface area contributed by atoms with Crippen molar-refractivity contribution in [1.29, 1.82) is 0 Å². The van der Waals surface area contributed by atoms with Crippen molar-refractivity contribution in [3.8, 4) is 11.5 Å². The summed E-state index contributed by atoms with van der Waals surface area (Å²) >= 11 is 0. The van der Waals surface area contributed by atoms with Crippen LogP contribution in [0.4, 0.5) is 5.95 Å². The second kappa shape index (κ2) is 4.37. The molecule has 96 valence electrons. The van der Waals surface area contributed by atoms with E-state index in [2.05, 4.69) is 42.4 Å². The average molecular weight is 248 g/mol. The lowest BCUT2D eigenvalue weighted by atomic mass is 9.95. The number of nitrogens with zero attached hydrogens (tertiary/aromatic N) is 5. The molecule has 3 rings (SSSR count). The van der Waals surface area contributed by atoms with E-state index in [0.29, 0.717) is 23.4 Å². The molecule has 0 saturated carbocycles. The van der Waals surface area contributed by atoms with E-state index in [1.165, 1.54) is 0 Å². The van der Waals surface area contributed by atoms with Gasteiger partial charge in [0.25, 0.3) is 0 Å². The third-order valence-corrected chi connectivity index (χ3v) is 3.43. The van der Waals surface area contributed by atoms with Gasteiger partial charge in [0.1, 0.15) is 5.69 Å². The Hall–Kier alpha value is -1.96. The SMILES string of the molecule is CC1CCN(c2n[nH]c(-c3cn[nH]n3)n2)CC1N. The number of anilines is 1. The number of hydrogen-bond donors (Lipinski definition) is 3. The van der Waals surface area contributed by atoms with Crippen LogP contribution in [0.2, 0.25) is 0 Å². The van der Waals surface area contributed by atoms with E-state index in [1.807, 2.05) is 0 Å². The van der Waals surface area contributed by atoms with Gasteiger partial charge in [-0.15, -0.1) is 5.10 Å². The molecule has 3 heterocycles. The van der Waals surface area contributed by atoms with E-state index in [0.717, 1.165) is 19.5 Å². The lowest BCUT2D eigenvalue weighted by Gasteiger charge is -2.34. The summed E-state index contributed by atoms with van der Waals surface area (Å²) in [5.74, 6) is 1.84. The molecule has 0 spiro atoms. The van der Waals surface area contributed by atoms with E-state index in [-0.39, 0.29) is 6.04 Å². The largest absolute Gasteiger partial charge is 0.338 e. The van der Waals surface area contributed by atoms with Gasteiger partial charge in [-0.05, 0) is 12.3 Å². The molecule has 4 N–H and O–H groups in total. The molecule has 1 aliphatic heterocycles. The van der Waals surface area contributed by atoms with Crippen molar-refractivity contribution in [2.75, 3.05) is 18.0 Å². The van der Waals surface area contributed by atoms with Crippen molar-refractivity contribution in [2.24, 2.45) is 11.7 Å². The van der Waals surface area contributed by atoms with E-state index < -0.39 is 0 Å². The quantitative estimate of drug-likeness (QED) is 0.676. The number of H-pyrrole nitrogens is 2. The van der Waals surface area contributed by atoms with Gasteiger partial charge in [-0.1, -0.05) is 6.92 Å². The molecule has 0 radical (unpaired) electrons. The third-order valence-electron chi connectivity index (χ3n) is 3.43. The van der Waals surface area contributed by atoms with Gasteiger partial charge in [0.2, 0.25) is 5.95 Å². The molecule has 1 aliphatic rings. The van der Waals surface area contributed by atoms with E-state index >= 15 is 0 Å². The Bertz CT molecular complexity index is 504. The second-order valence-corrected chi connectivity index (χ2v) is 4.72. The highest BCUT2D eigenvalue weighted by Crippen LogP contribution is 2.20. The molecule has 0 amide bonds. The zero-order valence-corrected chi connectivity index (χ0v) is 10.2. The summed E-state index contributed by atoms with van der Waals surface area (Å²) in [6, 6.07) is 0.174. The van der Waals surface area contributed by atoms with Gasteiger partial charge in [-0.2, -0.15) is 20.4 Å². The van der Waals surface area contributed by atoms with Gasteiger partial charge in [0.05, 0.1) is 6.20 Å². The molecule has 1 fully saturated rings. The van der Waals surface area contributed by atoms with Crippen LogP contribution in [0.1, 0.15) is 13.3 Å². The Morgan fingerprint density at radius 3 is 3.06 bits per heavy atom. The fraction of sp³-hybridized carbons (Fsp3) is 0.600.